The van der Waals surface area contributed by atoms with Crippen LogP contribution in [0.5, 0.6) is 0 Å². The van der Waals surface area contributed by atoms with Crippen molar-refractivity contribution < 1.29 is 0 Å². The standard InChI is InChI=1S/C11H23N.C2H6/c1-4-10-7-5-6-9(2)11(10)8-12-3;1-2/h9-12H,4-8H2,1-3H3;1-2H3. The van der Waals surface area contributed by atoms with Crippen LogP contribution in [0.2, 0.25) is 0 Å². The third-order valence-electron chi connectivity index (χ3n) is 3.53. The van der Waals surface area contributed by atoms with Gasteiger partial charge in [0, 0.05) is 0 Å². The minimum Gasteiger partial charge on any atom is -0.319 e. The molecule has 0 heterocycles. The SMILES string of the molecule is CC.CCC1CCCC(C)C1CNC. The summed E-state index contributed by atoms with van der Waals surface area (Å²) in [6.45, 7) is 9.98. The molecule has 1 aliphatic rings. The summed E-state index contributed by atoms with van der Waals surface area (Å²) in [4.78, 5) is 0. The first kappa shape index (κ1) is 14.0. The molecular formula is C13H29N. The van der Waals surface area contributed by atoms with Crippen molar-refractivity contribution in [3.63, 3.8) is 0 Å². The maximum absolute atomic E-state index is 3.33. The van der Waals surface area contributed by atoms with Crippen LogP contribution in [0, 0.1) is 17.8 Å². The van der Waals surface area contributed by atoms with E-state index in [1.54, 1.807) is 0 Å². The molecule has 1 nitrogen and oxygen atoms in total. The second-order valence-electron chi connectivity index (χ2n) is 4.30. The van der Waals surface area contributed by atoms with E-state index in [1.807, 2.05) is 13.8 Å². The molecule has 0 bridgehead atoms. The lowest BCUT2D eigenvalue weighted by atomic mass is 9.72. The second-order valence-corrected chi connectivity index (χ2v) is 4.30. The van der Waals surface area contributed by atoms with Gasteiger partial charge in [0.15, 0.2) is 0 Å². The molecule has 0 aromatic heterocycles. The van der Waals surface area contributed by atoms with Crippen molar-refractivity contribution >= 4 is 0 Å². The van der Waals surface area contributed by atoms with Crippen molar-refractivity contribution in [1.29, 1.82) is 0 Å². The van der Waals surface area contributed by atoms with Crippen molar-refractivity contribution in [1.82, 2.24) is 5.32 Å². The van der Waals surface area contributed by atoms with E-state index in [0.717, 1.165) is 17.8 Å². The summed E-state index contributed by atoms with van der Waals surface area (Å²) < 4.78 is 0. The van der Waals surface area contributed by atoms with Gasteiger partial charge in [-0.2, -0.15) is 0 Å². The Kier molecular flexibility index (Phi) is 8.26. The number of hydrogen-bond donors (Lipinski definition) is 1. The highest BCUT2D eigenvalue weighted by molar-refractivity contribution is 4.80. The Hall–Kier alpha value is -0.0400. The third kappa shape index (κ3) is 4.00. The van der Waals surface area contributed by atoms with E-state index in [2.05, 4.69) is 26.2 Å². The summed E-state index contributed by atoms with van der Waals surface area (Å²) in [6, 6.07) is 0. The molecule has 3 atom stereocenters. The fraction of sp³-hybridized carbons (Fsp3) is 1.00. The Bertz CT molecular complexity index is 122. The molecule has 0 amide bonds. The Balaban J connectivity index is 0.000000791. The predicted molar refractivity (Wildman–Crippen MR) is 65.6 cm³/mol. The van der Waals surface area contributed by atoms with E-state index < -0.39 is 0 Å². The molecule has 0 aromatic carbocycles. The Morgan fingerprint density at radius 2 is 1.86 bits per heavy atom. The summed E-state index contributed by atoms with van der Waals surface area (Å²) in [5.74, 6) is 2.87. The van der Waals surface area contributed by atoms with Crippen molar-refractivity contribution in [2.24, 2.45) is 17.8 Å². The number of rotatable bonds is 3. The average molecular weight is 199 g/mol. The van der Waals surface area contributed by atoms with Crippen molar-refractivity contribution in [2.45, 2.75) is 53.4 Å². The van der Waals surface area contributed by atoms with Gasteiger partial charge in [0.25, 0.3) is 0 Å². The van der Waals surface area contributed by atoms with Crippen LogP contribution in [0.1, 0.15) is 53.4 Å². The average Bonchev–Trinajstić information content (AvgIpc) is 2.24. The fourth-order valence-corrected chi connectivity index (χ4v) is 2.71. The van der Waals surface area contributed by atoms with Gasteiger partial charge in [-0.1, -0.05) is 53.4 Å². The van der Waals surface area contributed by atoms with Crippen LogP contribution >= 0.6 is 0 Å². The normalized spacial score (nSPS) is 31.9. The van der Waals surface area contributed by atoms with Gasteiger partial charge in [-0.15, -0.1) is 0 Å². The van der Waals surface area contributed by atoms with Gasteiger partial charge < -0.3 is 5.32 Å². The van der Waals surface area contributed by atoms with E-state index in [9.17, 15) is 0 Å². The predicted octanol–water partition coefficient (Wildman–Crippen LogP) is 3.69. The lowest BCUT2D eigenvalue weighted by molar-refractivity contribution is 0.159. The summed E-state index contributed by atoms with van der Waals surface area (Å²) in [5.41, 5.74) is 0. The Labute approximate surface area is 90.7 Å². The van der Waals surface area contributed by atoms with Gasteiger partial charge in [0.1, 0.15) is 0 Å². The first-order valence-electron chi connectivity index (χ1n) is 6.44. The van der Waals surface area contributed by atoms with Gasteiger partial charge in [-0.3, -0.25) is 0 Å². The van der Waals surface area contributed by atoms with E-state index in [4.69, 9.17) is 0 Å². The molecule has 1 fully saturated rings. The monoisotopic (exact) mass is 199 g/mol. The van der Waals surface area contributed by atoms with Gasteiger partial charge >= 0.3 is 0 Å². The molecule has 1 heteroatoms. The zero-order valence-corrected chi connectivity index (χ0v) is 10.8. The maximum Gasteiger partial charge on any atom is -0.00183 e. The first-order chi connectivity index (χ1) is 6.79. The molecule has 0 spiro atoms. The van der Waals surface area contributed by atoms with E-state index in [-0.39, 0.29) is 0 Å². The van der Waals surface area contributed by atoms with Crippen LogP contribution in [0.15, 0.2) is 0 Å². The van der Waals surface area contributed by atoms with Crippen LogP contribution in [0.4, 0.5) is 0 Å². The summed E-state index contributed by atoms with van der Waals surface area (Å²) in [6.07, 6.45) is 5.74. The van der Waals surface area contributed by atoms with E-state index in [0.29, 0.717) is 0 Å². The molecule has 3 unspecified atom stereocenters. The van der Waals surface area contributed by atoms with Gasteiger partial charge in [-0.05, 0) is 31.3 Å². The largest absolute Gasteiger partial charge is 0.319 e. The van der Waals surface area contributed by atoms with Crippen LogP contribution < -0.4 is 5.32 Å². The highest BCUT2D eigenvalue weighted by Gasteiger charge is 2.28. The highest BCUT2D eigenvalue weighted by atomic mass is 14.8. The van der Waals surface area contributed by atoms with Crippen LogP contribution in [0.3, 0.4) is 0 Å². The minimum absolute atomic E-state index is 0.939. The molecule has 86 valence electrons. The lowest BCUT2D eigenvalue weighted by Gasteiger charge is -2.36. The molecule has 14 heavy (non-hydrogen) atoms. The molecule has 1 N–H and O–H groups in total. The Morgan fingerprint density at radius 1 is 1.21 bits per heavy atom. The van der Waals surface area contributed by atoms with Crippen molar-refractivity contribution in [3.8, 4) is 0 Å². The van der Waals surface area contributed by atoms with Gasteiger partial charge in [-0.25, -0.2) is 0 Å². The Morgan fingerprint density at radius 3 is 2.36 bits per heavy atom. The van der Waals surface area contributed by atoms with E-state index >= 15 is 0 Å². The minimum atomic E-state index is 0.939. The topological polar surface area (TPSA) is 12.0 Å². The molecule has 0 saturated heterocycles. The first-order valence-corrected chi connectivity index (χ1v) is 6.44. The van der Waals surface area contributed by atoms with Crippen molar-refractivity contribution in [3.05, 3.63) is 0 Å². The quantitative estimate of drug-likeness (QED) is 0.731. The fourth-order valence-electron chi connectivity index (χ4n) is 2.71. The second kappa shape index (κ2) is 8.28. The number of nitrogens with one attached hydrogen (secondary N) is 1. The van der Waals surface area contributed by atoms with Crippen LogP contribution in [-0.4, -0.2) is 13.6 Å². The van der Waals surface area contributed by atoms with Crippen LogP contribution in [-0.2, 0) is 0 Å². The molecule has 0 radical (unpaired) electrons. The smallest absolute Gasteiger partial charge is 0.00183 e. The van der Waals surface area contributed by atoms with Gasteiger partial charge in [0.2, 0.25) is 0 Å². The maximum atomic E-state index is 3.33. The highest BCUT2D eigenvalue weighted by Crippen LogP contribution is 2.35. The molecule has 0 aliphatic heterocycles. The zero-order valence-electron chi connectivity index (χ0n) is 10.8. The molecule has 1 saturated carbocycles. The van der Waals surface area contributed by atoms with Crippen LogP contribution in [0.25, 0.3) is 0 Å². The zero-order chi connectivity index (χ0) is 11.0. The molecule has 1 aliphatic carbocycles. The number of hydrogen-bond acceptors (Lipinski definition) is 1. The molecule has 1 rings (SSSR count). The summed E-state index contributed by atoms with van der Waals surface area (Å²) >= 11 is 0. The van der Waals surface area contributed by atoms with Crippen molar-refractivity contribution in [2.75, 3.05) is 13.6 Å². The van der Waals surface area contributed by atoms with Gasteiger partial charge in [0.05, 0.1) is 0 Å². The lowest BCUT2D eigenvalue weighted by Crippen LogP contribution is -2.33. The van der Waals surface area contributed by atoms with E-state index in [1.165, 1.54) is 32.2 Å². The molecular weight excluding hydrogens is 170 g/mol. The summed E-state index contributed by atoms with van der Waals surface area (Å²) in [5, 5.41) is 3.33. The summed E-state index contributed by atoms with van der Waals surface area (Å²) in [7, 11) is 2.08. The third-order valence-corrected chi connectivity index (χ3v) is 3.53. The molecule has 0 aromatic rings.